The predicted molar refractivity (Wildman–Crippen MR) is 118 cm³/mol. The minimum atomic E-state index is -4.46. The maximum absolute atomic E-state index is 15.7. The fourth-order valence-corrected chi connectivity index (χ4v) is 4.70. The molecule has 0 unspecified atom stereocenters. The second-order valence-corrected chi connectivity index (χ2v) is 9.08. The predicted octanol–water partition coefficient (Wildman–Crippen LogP) is 4.87. The van der Waals surface area contributed by atoms with Gasteiger partial charge in [-0.05, 0) is 48.9 Å². The van der Waals surface area contributed by atoms with Gasteiger partial charge >= 0.3 is 0 Å². The molecule has 0 saturated heterocycles. The van der Waals surface area contributed by atoms with Gasteiger partial charge in [0.25, 0.3) is 10.0 Å². The molecule has 0 aliphatic carbocycles. The Kier molecular flexibility index (Phi) is 5.94. The van der Waals surface area contributed by atoms with Crippen LogP contribution in [0.5, 0.6) is 0 Å². The SMILES string of the molecule is CCn1cc(-c2ccncc2)c(-c2c(F)ccc(N(C)S(=O)(=O)c3ccccc3F)c2F)n1. The van der Waals surface area contributed by atoms with Crippen LogP contribution in [0.25, 0.3) is 22.4 Å². The molecule has 4 rings (SSSR count). The summed E-state index contributed by atoms with van der Waals surface area (Å²) in [6.45, 7) is 2.27. The number of benzene rings is 2. The van der Waals surface area contributed by atoms with Gasteiger partial charge in [-0.1, -0.05) is 12.1 Å². The Morgan fingerprint density at radius 2 is 1.67 bits per heavy atom. The van der Waals surface area contributed by atoms with E-state index in [1.807, 2.05) is 6.92 Å². The smallest absolute Gasteiger partial charge is 0.267 e. The summed E-state index contributed by atoms with van der Waals surface area (Å²) in [5, 5.41) is 4.32. The van der Waals surface area contributed by atoms with Crippen molar-refractivity contribution in [1.29, 1.82) is 0 Å². The van der Waals surface area contributed by atoms with E-state index in [4.69, 9.17) is 0 Å². The van der Waals surface area contributed by atoms with Crippen LogP contribution in [-0.4, -0.2) is 30.2 Å². The highest BCUT2D eigenvalue weighted by molar-refractivity contribution is 7.92. The lowest BCUT2D eigenvalue weighted by Gasteiger charge is -2.21. The largest absolute Gasteiger partial charge is 0.272 e. The lowest BCUT2D eigenvalue weighted by Crippen LogP contribution is -2.28. The van der Waals surface area contributed by atoms with Crippen molar-refractivity contribution < 1.29 is 21.6 Å². The third-order valence-electron chi connectivity index (χ3n) is 5.20. The van der Waals surface area contributed by atoms with Gasteiger partial charge in [-0.15, -0.1) is 0 Å². The van der Waals surface area contributed by atoms with Crippen molar-refractivity contribution in [3.63, 3.8) is 0 Å². The standard InChI is InChI=1S/C23H19F3N4O2S/c1-3-30-14-16(15-10-12-27-13-11-15)23(28-30)21-18(25)8-9-19(22(21)26)29(2)33(31,32)20-7-5-4-6-17(20)24/h4-14H,3H2,1-2H3. The third kappa shape index (κ3) is 3.97. The first-order chi connectivity index (χ1) is 15.8. The molecule has 0 fully saturated rings. The van der Waals surface area contributed by atoms with E-state index in [1.54, 1.807) is 30.7 Å². The second-order valence-electron chi connectivity index (χ2n) is 7.14. The molecule has 2 heterocycles. The number of pyridine rings is 1. The van der Waals surface area contributed by atoms with Crippen LogP contribution < -0.4 is 4.31 Å². The van der Waals surface area contributed by atoms with E-state index in [9.17, 15) is 17.2 Å². The fraction of sp³-hybridized carbons (Fsp3) is 0.130. The molecule has 2 aromatic carbocycles. The topological polar surface area (TPSA) is 68.1 Å². The molecule has 6 nitrogen and oxygen atoms in total. The van der Waals surface area contributed by atoms with E-state index in [1.165, 1.54) is 16.8 Å². The summed E-state index contributed by atoms with van der Waals surface area (Å²) in [7, 11) is -3.38. The highest BCUT2D eigenvalue weighted by atomic mass is 32.2. The maximum atomic E-state index is 15.7. The Balaban J connectivity index is 1.90. The number of aromatic nitrogens is 3. The van der Waals surface area contributed by atoms with Crippen LogP contribution in [0.1, 0.15) is 6.92 Å². The molecule has 0 spiro atoms. The van der Waals surface area contributed by atoms with Gasteiger partial charge in [0.2, 0.25) is 0 Å². The molecule has 33 heavy (non-hydrogen) atoms. The number of hydrogen-bond acceptors (Lipinski definition) is 4. The van der Waals surface area contributed by atoms with E-state index in [0.29, 0.717) is 22.0 Å². The summed E-state index contributed by atoms with van der Waals surface area (Å²) in [6.07, 6.45) is 4.73. The first-order valence-corrected chi connectivity index (χ1v) is 11.4. The molecule has 0 saturated carbocycles. The van der Waals surface area contributed by atoms with Gasteiger partial charge in [0.05, 0.1) is 11.3 Å². The monoisotopic (exact) mass is 472 g/mol. The van der Waals surface area contributed by atoms with Crippen molar-refractivity contribution in [2.24, 2.45) is 0 Å². The molecule has 0 radical (unpaired) electrons. The molecule has 0 aliphatic rings. The molecule has 0 atom stereocenters. The van der Waals surface area contributed by atoms with Crippen LogP contribution in [0.4, 0.5) is 18.9 Å². The van der Waals surface area contributed by atoms with Crippen molar-refractivity contribution in [2.45, 2.75) is 18.4 Å². The minimum Gasteiger partial charge on any atom is -0.272 e. The van der Waals surface area contributed by atoms with E-state index in [-0.39, 0.29) is 5.69 Å². The molecule has 0 N–H and O–H groups in total. The van der Waals surface area contributed by atoms with E-state index in [2.05, 4.69) is 10.1 Å². The highest BCUT2D eigenvalue weighted by Crippen LogP contribution is 2.38. The zero-order chi connectivity index (χ0) is 23.8. The van der Waals surface area contributed by atoms with Crippen molar-refractivity contribution in [3.05, 3.63) is 84.6 Å². The number of aryl methyl sites for hydroxylation is 1. The summed E-state index contributed by atoms with van der Waals surface area (Å²) in [6, 6.07) is 10.1. The number of rotatable bonds is 6. The zero-order valence-electron chi connectivity index (χ0n) is 17.7. The minimum absolute atomic E-state index is 0.0107. The van der Waals surface area contributed by atoms with Crippen molar-refractivity contribution in [1.82, 2.24) is 14.8 Å². The van der Waals surface area contributed by atoms with Gasteiger partial charge in [0.15, 0.2) is 5.82 Å². The van der Waals surface area contributed by atoms with E-state index in [0.717, 1.165) is 31.3 Å². The lowest BCUT2D eigenvalue weighted by atomic mass is 10.0. The lowest BCUT2D eigenvalue weighted by molar-refractivity contribution is 0.562. The molecular formula is C23H19F3N4O2S. The van der Waals surface area contributed by atoms with Crippen LogP contribution in [0.15, 0.2) is 72.0 Å². The van der Waals surface area contributed by atoms with Crippen LogP contribution in [-0.2, 0) is 16.6 Å². The van der Waals surface area contributed by atoms with E-state index < -0.39 is 43.6 Å². The Hall–Kier alpha value is -3.66. The maximum Gasteiger partial charge on any atom is 0.267 e. The Bertz CT molecular complexity index is 1420. The fourth-order valence-electron chi connectivity index (χ4n) is 3.44. The van der Waals surface area contributed by atoms with Crippen LogP contribution in [0, 0.1) is 17.5 Å². The van der Waals surface area contributed by atoms with Gasteiger partial charge in [0, 0.05) is 37.7 Å². The average Bonchev–Trinajstić information content (AvgIpc) is 3.23. The normalized spacial score (nSPS) is 11.5. The molecule has 0 amide bonds. The molecule has 2 aromatic heterocycles. The van der Waals surface area contributed by atoms with Gasteiger partial charge in [0.1, 0.15) is 22.2 Å². The van der Waals surface area contributed by atoms with Gasteiger partial charge in [-0.25, -0.2) is 21.6 Å². The molecule has 4 aromatic rings. The first kappa shape index (κ1) is 22.5. The quantitative estimate of drug-likeness (QED) is 0.401. The molecular weight excluding hydrogens is 453 g/mol. The van der Waals surface area contributed by atoms with E-state index >= 15 is 4.39 Å². The second kappa shape index (κ2) is 8.70. The zero-order valence-corrected chi connectivity index (χ0v) is 18.5. The molecule has 10 heteroatoms. The third-order valence-corrected chi connectivity index (χ3v) is 7.00. The summed E-state index contributed by atoms with van der Waals surface area (Å²) < 4.78 is 72.9. The molecule has 170 valence electrons. The average molecular weight is 472 g/mol. The summed E-state index contributed by atoms with van der Waals surface area (Å²) in [5.41, 5.74) is 0.171. The number of anilines is 1. The Labute approximate surface area is 189 Å². The Morgan fingerprint density at radius 3 is 2.33 bits per heavy atom. The van der Waals surface area contributed by atoms with Crippen molar-refractivity contribution >= 4 is 15.7 Å². The van der Waals surface area contributed by atoms with Gasteiger partial charge in [-0.2, -0.15) is 5.10 Å². The highest BCUT2D eigenvalue weighted by Gasteiger charge is 2.30. The van der Waals surface area contributed by atoms with Crippen molar-refractivity contribution in [3.8, 4) is 22.4 Å². The number of hydrogen-bond donors (Lipinski definition) is 0. The van der Waals surface area contributed by atoms with Gasteiger partial charge in [-0.3, -0.25) is 14.0 Å². The number of sulfonamides is 1. The van der Waals surface area contributed by atoms with Crippen LogP contribution in [0.2, 0.25) is 0 Å². The van der Waals surface area contributed by atoms with Crippen LogP contribution in [0.3, 0.4) is 0 Å². The molecule has 0 aliphatic heterocycles. The van der Waals surface area contributed by atoms with Crippen LogP contribution >= 0.6 is 0 Å². The number of nitrogens with zero attached hydrogens (tertiary/aromatic N) is 4. The summed E-state index contributed by atoms with van der Waals surface area (Å²) in [5.74, 6) is -3.02. The Morgan fingerprint density at radius 1 is 0.970 bits per heavy atom. The number of halogens is 3. The molecule has 0 bridgehead atoms. The van der Waals surface area contributed by atoms with Gasteiger partial charge < -0.3 is 0 Å². The summed E-state index contributed by atoms with van der Waals surface area (Å²) >= 11 is 0. The van der Waals surface area contributed by atoms with Crippen molar-refractivity contribution in [2.75, 3.05) is 11.4 Å². The summed E-state index contributed by atoms with van der Waals surface area (Å²) in [4.78, 5) is 3.34. The first-order valence-electron chi connectivity index (χ1n) is 9.95.